The minimum atomic E-state index is 0.302. The van der Waals surface area contributed by atoms with Crippen molar-refractivity contribution in [2.45, 2.75) is 38.1 Å². The van der Waals surface area contributed by atoms with E-state index >= 15 is 0 Å². The highest BCUT2D eigenvalue weighted by molar-refractivity contribution is 4.99. The van der Waals surface area contributed by atoms with Crippen molar-refractivity contribution in [3.05, 3.63) is 18.2 Å². The van der Waals surface area contributed by atoms with Crippen LogP contribution in [0, 0.1) is 0 Å². The Morgan fingerprint density at radius 2 is 2.43 bits per heavy atom. The molecule has 1 fully saturated rings. The zero-order valence-electron chi connectivity index (χ0n) is 9.08. The fraction of sp³-hybridized carbons (Fsp3) is 0.727. The number of nitrogens with zero attached hydrogens (tertiary/aromatic N) is 2. The van der Waals surface area contributed by atoms with Crippen LogP contribution in [-0.2, 0) is 6.42 Å². The van der Waals surface area contributed by atoms with Crippen molar-refractivity contribution in [3.8, 4) is 0 Å². The Kier molecular flexibility index (Phi) is 2.59. The summed E-state index contributed by atoms with van der Waals surface area (Å²) in [7, 11) is 2.22. The van der Waals surface area contributed by atoms with Gasteiger partial charge in [-0.3, -0.25) is 0 Å². The lowest BCUT2D eigenvalue weighted by molar-refractivity contribution is 0.0884. The second-order valence-electron chi connectivity index (χ2n) is 4.59. The topological polar surface area (TPSA) is 31.9 Å². The smallest absolute Gasteiger partial charge is 0.107 e. The highest BCUT2D eigenvalue weighted by Crippen LogP contribution is 2.28. The van der Waals surface area contributed by atoms with Gasteiger partial charge in [0.1, 0.15) is 5.82 Å². The van der Waals surface area contributed by atoms with E-state index in [4.69, 9.17) is 0 Å². The van der Waals surface area contributed by atoms with Crippen LogP contribution >= 0.6 is 0 Å². The van der Waals surface area contributed by atoms with Crippen LogP contribution in [-0.4, -0.2) is 34.0 Å². The van der Waals surface area contributed by atoms with Gasteiger partial charge >= 0.3 is 0 Å². The number of likely N-dealkylation sites (tertiary alicyclic amines) is 1. The van der Waals surface area contributed by atoms with Gasteiger partial charge in [-0.1, -0.05) is 6.42 Å². The summed E-state index contributed by atoms with van der Waals surface area (Å²) < 4.78 is 0. The first-order valence-corrected chi connectivity index (χ1v) is 5.40. The third-order valence-corrected chi connectivity index (χ3v) is 3.48. The van der Waals surface area contributed by atoms with E-state index in [0.717, 1.165) is 12.2 Å². The summed E-state index contributed by atoms with van der Waals surface area (Å²) in [6.07, 6.45) is 8.75. The average Bonchev–Trinajstić information content (AvgIpc) is 2.63. The third-order valence-electron chi connectivity index (χ3n) is 3.48. The molecule has 3 heteroatoms. The van der Waals surface area contributed by atoms with Crippen molar-refractivity contribution in [1.82, 2.24) is 14.9 Å². The summed E-state index contributed by atoms with van der Waals surface area (Å²) in [5.41, 5.74) is 0.302. The molecule has 0 radical (unpaired) electrons. The molecule has 0 aromatic carbocycles. The molecule has 1 aromatic rings. The van der Waals surface area contributed by atoms with Crippen LogP contribution in [0.15, 0.2) is 12.4 Å². The van der Waals surface area contributed by atoms with Crippen molar-refractivity contribution in [3.63, 3.8) is 0 Å². The van der Waals surface area contributed by atoms with E-state index in [1.54, 1.807) is 0 Å². The van der Waals surface area contributed by atoms with Crippen molar-refractivity contribution >= 4 is 0 Å². The maximum absolute atomic E-state index is 4.31. The van der Waals surface area contributed by atoms with Gasteiger partial charge in [-0.15, -0.1) is 0 Å². The molecule has 14 heavy (non-hydrogen) atoms. The first kappa shape index (κ1) is 9.71. The molecule has 78 valence electrons. The molecule has 0 unspecified atom stereocenters. The average molecular weight is 193 g/mol. The molecule has 1 saturated heterocycles. The lowest BCUT2D eigenvalue weighted by Gasteiger charge is -2.42. The number of aromatic amines is 1. The van der Waals surface area contributed by atoms with Gasteiger partial charge in [0.05, 0.1) is 0 Å². The molecule has 1 atom stereocenters. The minimum Gasteiger partial charge on any atom is -0.349 e. The Morgan fingerprint density at radius 3 is 3.07 bits per heavy atom. The van der Waals surface area contributed by atoms with E-state index in [0.29, 0.717) is 5.54 Å². The quantitative estimate of drug-likeness (QED) is 0.777. The Bertz CT molecular complexity index is 281. The van der Waals surface area contributed by atoms with Crippen molar-refractivity contribution in [2.75, 3.05) is 13.6 Å². The number of imidazole rings is 1. The molecule has 0 spiro atoms. The normalized spacial score (nSPS) is 29.3. The predicted molar refractivity (Wildman–Crippen MR) is 57.2 cm³/mol. The van der Waals surface area contributed by atoms with Crippen LogP contribution in [0.5, 0.6) is 0 Å². The fourth-order valence-electron chi connectivity index (χ4n) is 2.29. The molecule has 0 aliphatic carbocycles. The predicted octanol–water partition coefficient (Wildman–Crippen LogP) is 1.83. The zero-order valence-corrected chi connectivity index (χ0v) is 9.08. The minimum absolute atomic E-state index is 0.302. The highest BCUT2D eigenvalue weighted by Gasteiger charge is 2.32. The van der Waals surface area contributed by atoms with E-state index in [-0.39, 0.29) is 0 Å². The van der Waals surface area contributed by atoms with Gasteiger partial charge in [0.25, 0.3) is 0 Å². The molecule has 1 aromatic heterocycles. The number of nitrogens with one attached hydrogen (secondary N) is 1. The fourth-order valence-corrected chi connectivity index (χ4v) is 2.29. The molecular weight excluding hydrogens is 174 g/mol. The molecule has 0 saturated carbocycles. The van der Waals surface area contributed by atoms with Gasteiger partial charge in [-0.2, -0.15) is 0 Å². The summed E-state index contributed by atoms with van der Waals surface area (Å²) in [5.74, 6) is 1.11. The summed E-state index contributed by atoms with van der Waals surface area (Å²) in [4.78, 5) is 9.97. The molecule has 3 nitrogen and oxygen atoms in total. The molecule has 1 aliphatic rings. The van der Waals surface area contributed by atoms with Crippen molar-refractivity contribution in [2.24, 2.45) is 0 Å². The summed E-state index contributed by atoms with van der Waals surface area (Å²) in [5, 5.41) is 0. The number of hydrogen-bond donors (Lipinski definition) is 1. The van der Waals surface area contributed by atoms with Gasteiger partial charge < -0.3 is 9.88 Å². The maximum Gasteiger partial charge on any atom is 0.107 e. The lowest BCUT2D eigenvalue weighted by Crippen LogP contribution is -2.48. The highest BCUT2D eigenvalue weighted by atomic mass is 15.2. The molecular formula is C11H19N3. The number of hydrogen-bond acceptors (Lipinski definition) is 2. The van der Waals surface area contributed by atoms with Crippen molar-refractivity contribution < 1.29 is 0 Å². The largest absolute Gasteiger partial charge is 0.349 e. The first-order chi connectivity index (χ1) is 6.71. The molecule has 0 amide bonds. The summed E-state index contributed by atoms with van der Waals surface area (Å²) in [6.45, 7) is 3.56. The molecule has 2 heterocycles. The third kappa shape index (κ3) is 1.82. The van der Waals surface area contributed by atoms with Gasteiger partial charge in [-0.25, -0.2) is 4.98 Å². The Morgan fingerprint density at radius 1 is 1.57 bits per heavy atom. The van der Waals surface area contributed by atoms with Crippen LogP contribution in [0.4, 0.5) is 0 Å². The number of likely N-dealkylation sites (N-methyl/N-ethyl adjacent to an activating group) is 1. The van der Waals surface area contributed by atoms with Gasteiger partial charge in [-0.05, 0) is 33.4 Å². The number of aromatic nitrogens is 2. The Labute approximate surface area is 85.5 Å². The van der Waals surface area contributed by atoms with Gasteiger partial charge in [0.2, 0.25) is 0 Å². The summed E-state index contributed by atoms with van der Waals surface area (Å²) in [6, 6.07) is 0. The summed E-state index contributed by atoms with van der Waals surface area (Å²) >= 11 is 0. The Balaban J connectivity index is 2.07. The molecule has 0 bridgehead atoms. The van der Waals surface area contributed by atoms with Crippen molar-refractivity contribution in [1.29, 1.82) is 0 Å². The van der Waals surface area contributed by atoms with Gasteiger partial charge in [0, 0.05) is 24.4 Å². The second kappa shape index (κ2) is 3.73. The zero-order chi connectivity index (χ0) is 10.0. The number of piperidine rings is 1. The van der Waals surface area contributed by atoms with E-state index in [2.05, 4.69) is 28.8 Å². The Hall–Kier alpha value is -0.830. The lowest BCUT2D eigenvalue weighted by atomic mass is 9.86. The molecule has 1 aliphatic heterocycles. The first-order valence-electron chi connectivity index (χ1n) is 5.40. The molecule has 1 N–H and O–H groups in total. The van der Waals surface area contributed by atoms with Gasteiger partial charge in [0.15, 0.2) is 0 Å². The SMILES string of the molecule is CN1CCCC[C@@]1(C)Cc1ncc[nH]1. The standard InChI is InChI=1S/C11H19N3/c1-11(5-3-4-8-14(11)2)9-10-12-6-7-13-10/h6-7H,3-5,8-9H2,1-2H3,(H,12,13)/t11-/m0/s1. The van der Waals surface area contributed by atoms with E-state index in [1.807, 2.05) is 12.4 Å². The van der Waals surface area contributed by atoms with Crippen LogP contribution in [0.25, 0.3) is 0 Å². The van der Waals surface area contributed by atoms with Crippen LogP contribution in [0.1, 0.15) is 32.0 Å². The van der Waals surface area contributed by atoms with Crippen LogP contribution in [0.3, 0.4) is 0 Å². The second-order valence-corrected chi connectivity index (χ2v) is 4.59. The van der Waals surface area contributed by atoms with E-state index < -0.39 is 0 Å². The molecule has 2 rings (SSSR count). The number of rotatable bonds is 2. The monoisotopic (exact) mass is 193 g/mol. The van der Waals surface area contributed by atoms with Crippen LogP contribution < -0.4 is 0 Å². The van der Waals surface area contributed by atoms with Crippen LogP contribution in [0.2, 0.25) is 0 Å². The van der Waals surface area contributed by atoms with E-state index in [1.165, 1.54) is 25.8 Å². The maximum atomic E-state index is 4.31. The number of H-pyrrole nitrogens is 1. The van der Waals surface area contributed by atoms with E-state index in [9.17, 15) is 0 Å².